The van der Waals surface area contributed by atoms with Gasteiger partial charge in [-0.2, -0.15) is 0 Å². The molecule has 1 aliphatic heterocycles. The molecule has 1 aliphatic rings. The van der Waals surface area contributed by atoms with Crippen LogP contribution in [-0.4, -0.2) is 27.2 Å². The molecule has 0 aliphatic carbocycles. The minimum Gasteiger partial charge on any atom is -0.291 e. The lowest BCUT2D eigenvalue weighted by molar-refractivity contribution is -0.763. The summed E-state index contributed by atoms with van der Waals surface area (Å²) >= 11 is 1.27. The van der Waals surface area contributed by atoms with Crippen molar-refractivity contribution in [1.82, 2.24) is 10.1 Å². The average Bonchev–Trinajstić information content (AvgIpc) is 2.72. The zero-order chi connectivity index (χ0) is 20.7. The molecule has 9 nitrogen and oxygen atoms in total. The van der Waals surface area contributed by atoms with Crippen molar-refractivity contribution in [2.24, 2.45) is 0 Å². The lowest BCUT2D eigenvalue weighted by Crippen LogP contribution is -2.60. The number of hydrogen-bond acceptors (Lipinski definition) is 6. The van der Waals surface area contributed by atoms with Gasteiger partial charge in [0, 0.05) is 29.7 Å². The maximum atomic E-state index is 12.9. The Labute approximate surface area is 169 Å². The van der Waals surface area contributed by atoms with Gasteiger partial charge in [-0.25, -0.2) is 4.90 Å². The standard InChI is InChI=1S/C19H15N5O4S/c1-11(25)22-15-6-4-3-5-14(15)16-17(26)20-19(29-2)21-23(16)18(22)12-7-9-13(10-8-12)24(27)28/h3-10,18H,1-2H3/p+1/t18-/m0/s1. The third-order valence-electron chi connectivity index (χ3n) is 4.69. The molecule has 2 heterocycles. The molecule has 1 atom stereocenters. The summed E-state index contributed by atoms with van der Waals surface area (Å²) in [6, 6.07) is 13.0. The van der Waals surface area contributed by atoms with Gasteiger partial charge in [0.15, 0.2) is 0 Å². The number of benzene rings is 2. The molecule has 0 unspecified atom stereocenters. The molecule has 0 spiro atoms. The Morgan fingerprint density at radius 2 is 1.93 bits per heavy atom. The topological polar surface area (TPSA) is 113 Å². The number of hydrogen-bond donors (Lipinski definition) is 1. The third-order valence-corrected chi connectivity index (χ3v) is 5.26. The smallest absolute Gasteiger partial charge is 0.291 e. The Morgan fingerprint density at radius 3 is 2.55 bits per heavy atom. The number of fused-ring (bicyclic) bond motifs is 3. The van der Waals surface area contributed by atoms with Crippen molar-refractivity contribution in [3.8, 4) is 11.3 Å². The van der Waals surface area contributed by atoms with Crippen molar-refractivity contribution in [3.05, 3.63) is 74.6 Å². The number of anilines is 1. The second kappa shape index (κ2) is 7.13. The van der Waals surface area contributed by atoms with Crippen LogP contribution < -0.4 is 15.1 Å². The Balaban J connectivity index is 2.03. The summed E-state index contributed by atoms with van der Waals surface area (Å²) in [7, 11) is 0. The minimum atomic E-state index is -0.758. The Bertz CT molecular complexity index is 1190. The predicted octanol–water partition coefficient (Wildman–Crippen LogP) is 2.27. The molecule has 1 amide bonds. The van der Waals surface area contributed by atoms with E-state index >= 15 is 0 Å². The molecule has 3 aromatic rings. The van der Waals surface area contributed by atoms with Crippen LogP contribution in [0.5, 0.6) is 0 Å². The van der Waals surface area contributed by atoms with Gasteiger partial charge >= 0.3 is 11.3 Å². The van der Waals surface area contributed by atoms with Gasteiger partial charge in [-0.3, -0.25) is 24.7 Å². The Kier molecular flexibility index (Phi) is 4.63. The van der Waals surface area contributed by atoms with Crippen LogP contribution in [-0.2, 0) is 4.79 Å². The second-order valence-electron chi connectivity index (χ2n) is 6.39. The van der Waals surface area contributed by atoms with E-state index in [0.29, 0.717) is 27.7 Å². The number of rotatable bonds is 3. The number of carbonyl (C=O) groups is 1. The molecule has 10 heteroatoms. The van der Waals surface area contributed by atoms with E-state index in [-0.39, 0.29) is 17.2 Å². The molecule has 1 aromatic heterocycles. The first-order chi connectivity index (χ1) is 13.9. The van der Waals surface area contributed by atoms with E-state index in [1.807, 2.05) is 0 Å². The number of para-hydroxylation sites is 1. The maximum absolute atomic E-state index is 12.9. The van der Waals surface area contributed by atoms with E-state index in [1.165, 1.54) is 35.5 Å². The summed E-state index contributed by atoms with van der Waals surface area (Å²) in [6.45, 7) is 1.43. The first kappa shape index (κ1) is 18.8. The predicted molar refractivity (Wildman–Crippen MR) is 107 cm³/mol. The summed E-state index contributed by atoms with van der Waals surface area (Å²) in [5, 5.41) is 16.0. The van der Waals surface area contributed by atoms with Crippen LogP contribution in [0.1, 0.15) is 18.7 Å². The lowest BCUT2D eigenvalue weighted by Gasteiger charge is -2.31. The minimum absolute atomic E-state index is 0.0618. The summed E-state index contributed by atoms with van der Waals surface area (Å²) in [5.74, 6) is -0.244. The maximum Gasteiger partial charge on any atom is 0.325 e. The van der Waals surface area contributed by atoms with E-state index in [2.05, 4.69) is 10.1 Å². The highest BCUT2D eigenvalue weighted by Gasteiger charge is 2.44. The van der Waals surface area contributed by atoms with E-state index in [1.54, 1.807) is 47.6 Å². The van der Waals surface area contributed by atoms with Gasteiger partial charge in [0.05, 0.1) is 16.2 Å². The third kappa shape index (κ3) is 3.07. The van der Waals surface area contributed by atoms with Crippen molar-refractivity contribution in [2.75, 3.05) is 11.2 Å². The van der Waals surface area contributed by atoms with Gasteiger partial charge in [-0.05, 0) is 35.2 Å². The van der Waals surface area contributed by atoms with Crippen LogP contribution in [0.2, 0.25) is 0 Å². The van der Waals surface area contributed by atoms with Crippen LogP contribution >= 0.6 is 11.8 Å². The van der Waals surface area contributed by atoms with Gasteiger partial charge in [0.1, 0.15) is 0 Å². The van der Waals surface area contributed by atoms with Crippen LogP contribution in [0.15, 0.2) is 58.5 Å². The highest BCUT2D eigenvalue weighted by atomic mass is 32.2. The number of nitro benzene ring substituents is 1. The fraction of sp³-hybridized carbons (Fsp3) is 0.158. The van der Waals surface area contributed by atoms with E-state index < -0.39 is 11.1 Å². The summed E-state index contributed by atoms with van der Waals surface area (Å²) in [4.78, 5) is 40.4. The average molecular weight is 410 g/mol. The molecule has 0 radical (unpaired) electrons. The molecular formula is C19H16N5O4S+. The molecule has 4 rings (SSSR count). The summed E-state index contributed by atoms with van der Waals surface area (Å²) < 4.78 is 1.51. The van der Waals surface area contributed by atoms with Crippen LogP contribution in [0, 0.1) is 10.1 Å². The molecule has 2 aromatic carbocycles. The SMILES string of the molecule is CSc1n[n+]2c(c(=O)[nH]1)-c1ccccc1N(C(C)=O)[C@@H]2c1ccc([N+](=O)[O-])cc1. The quantitative estimate of drug-likeness (QED) is 0.307. The van der Waals surface area contributed by atoms with Gasteiger partial charge < -0.3 is 0 Å². The fourth-order valence-corrected chi connectivity index (χ4v) is 3.84. The van der Waals surface area contributed by atoms with Crippen LogP contribution in [0.4, 0.5) is 11.4 Å². The number of H-pyrrole nitrogens is 1. The molecule has 29 heavy (non-hydrogen) atoms. The monoisotopic (exact) mass is 410 g/mol. The van der Waals surface area contributed by atoms with Crippen LogP contribution in [0.25, 0.3) is 11.3 Å². The number of thioether (sulfide) groups is 1. The van der Waals surface area contributed by atoms with E-state index in [0.717, 1.165) is 0 Å². The van der Waals surface area contributed by atoms with Crippen molar-refractivity contribution in [2.45, 2.75) is 18.2 Å². The van der Waals surface area contributed by atoms with E-state index in [9.17, 15) is 19.7 Å². The Morgan fingerprint density at radius 1 is 1.24 bits per heavy atom. The van der Waals surface area contributed by atoms with Gasteiger partial charge in [-0.1, -0.05) is 23.9 Å². The zero-order valence-corrected chi connectivity index (χ0v) is 16.3. The van der Waals surface area contributed by atoms with Gasteiger partial charge in [0.25, 0.3) is 11.9 Å². The van der Waals surface area contributed by atoms with Crippen LogP contribution in [0.3, 0.4) is 0 Å². The number of nitro groups is 1. The number of nitrogens with zero attached hydrogens (tertiary/aromatic N) is 4. The first-order valence-electron chi connectivity index (χ1n) is 8.66. The molecule has 1 N–H and O–H groups in total. The van der Waals surface area contributed by atoms with Crippen molar-refractivity contribution < 1.29 is 14.4 Å². The zero-order valence-electron chi connectivity index (χ0n) is 15.5. The normalized spacial score (nSPS) is 14.8. The number of aromatic amines is 1. The van der Waals surface area contributed by atoms with Crippen molar-refractivity contribution in [3.63, 3.8) is 0 Å². The number of non-ortho nitro benzene ring substituents is 1. The first-order valence-corrected chi connectivity index (χ1v) is 9.88. The molecule has 0 saturated carbocycles. The molecule has 146 valence electrons. The van der Waals surface area contributed by atoms with Crippen molar-refractivity contribution >= 4 is 29.0 Å². The highest BCUT2D eigenvalue weighted by Crippen LogP contribution is 2.37. The molecule has 0 fully saturated rings. The van der Waals surface area contributed by atoms with Gasteiger partial charge in [0.2, 0.25) is 11.1 Å². The highest BCUT2D eigenvalue weighted by molar-refractivity contribution is 7.98. The Hall–Kier alpha value is -3.53. The fourth-order valence-electron chi connectivity index (χ4n) is 3.47. The number of aromatic nitrogens is 3. The molecule has 0 saturated heterocycles. The number of carbonyl (C=O) groups excluding carboxylic acids is 1. The van der Waals surface area contributed by atoms with Gasteiger partial charge in [-0.15, -0.1) is 0 Å². The largest absolute Gasteiger partial charge is 0.325 e. The summed E-state index contributed by atoms with van der Waals surface area (Å²) in [6.07, 6.45) is 1.03. The molecular weight excluding hydrogens is 394 g/mol. The van der Waals surface area contributed by atoms with E-state index in [4.69, 9.17) is 0 Å². The lowest BCUT2D eigenvalue weighted by atomic mass is 10.0. The number of nitrogens with one attached hydrogen (secondary N) is 1. The number of amides is 1. The summed E-state index contributed by atoms with van der Waals surface area (Å²) in [5.41, 5.74) is 1.69. The second-order valence-corrected chi connectivity index (χ2v) is 7.18. The molecule has 0 bridgehead atoms. The van der Waals surface area contributed by atoms with Crippen molar-refractivity contribution in [1.29, 1.82) is 0 Å².